The molecule has 1 fully saturated rings. The third-order valence-corrected chi connectivity index (χ3v) is 4.37. The number of rotatable bonds is 8. The van der Waals surface area contributed by atoms with E-state index in [-0.39, 0.29) is 11.9 Å². The molecule has 3 rings (SSSR count). The second-order valence-corrected chi connectivity index (χ2v) is 6.34. The molecule has 1 aliphatic carbocycles. The smallest absolute Gasteiger partial charge is 0.326 e. The van der Waals surface area contributed by atoms with Gasteiger partial charge in [0.25, 0.3) is 0 Å². The average Bonchev–Trinajstić information content (AvgIpc) is 3.32. The molecule has 132 valence electrons. The molecular formula is C19H22N2O4. The monoisotopic (exact) mass is 342 g/mol. The zero-order chi connectivity index (χ0) is 17.6. The lowest BCUT2D eigenvalue weighted by atomic mass is 10.1. The van der Waals surface area contributed by atoms with Crippen LogP contribution in [0, 0.1) is 5.92 Å². The fraction of sp³-hybridized carbons (Fsp3) is 0.368. The van der Waals surface area contributed by atoms with Crippen molar-refractivity contribution in [3.63, 3.8) is 0 Å². The molecule has 0 radical (unpaired) electrons. The largest absolute Gasteiger partial charge is 0.480 e. The molecule has 1 aliphatic rings. The van der Waals surface area contributed by atoms with Crippen LogP contribution in [-0.4, -0.2) is 34.6 Å². The van der Waals surface area contributed by atoms with Crippen LogP contribution in [0.25, 0.3) is 0 Å². The second-order valence-electron chi connectivity index (χ2n) is 6.34. The zero-order valence-corrected chi connectivity index (χ0v) is 13.9. The molecule has 1 atom stereocenters. The van der Waals surface area contributed by atoms with Crippen LogP contribution >= 0.6 is 0 Å². The van der Waals surface area contributed by atoms with E-state index in [1.807, 2.05) is 30.3 Å². The van der Waals surface area contributed by atoms with Crippen LogP contribution in [0.1, 0.15) is 24.2 Å². The summed E-state index contributed by atoms with van der Waals surface area (Å²) in [5.41, 5.74) is 1.12. The summed E-state index contributed by atoms with van der Waals surface area (Å²) in [7, 11) is 0. The minimum Gasteiger partial charge on any atom is -0.480 e. The van der Waals surface area contributed by atoms with Crippen molar-refractivity contribution in [3.05, 3.63) is 60.1 Å². The van der Waals surface area contributed by atoms with E-state index in [0.717, 1.165) is 18.4 Å². The average molecular weight is 342 g/mol. The molecule has 2 N–H and O–H groups in total. The van der Waals surface area contributed by atoms with Crippen LogP contribution in [0.4, 0.5) is 4.79 Å². The van der Waals surface area contributed by atoms with E-state index in [1.165, 1.54) is 0 Å². The van der Waals surface area contributed by atoms with Crippen molar-refractivity contribution in [2.45, 2.75) is 31.8 Å². The minimum absolute atomic E-state index is 0.0426. The van der Waals surface area contributed by atoms with Crippen molar-refractivity contribution in [2.75, 3.05) is 6.54 Å². The van der Waals surface area contributed by atoms with Crippen LogP contribution in [-0.2, 0) is 17.8 Å². The Hall–Kier alpha value is -2.76. The van der Waals surface area contributed by atoms with Crippen molar-refractivity contribution < 1.29 is 19.1 Å². The van der Waals surface area contributed by atoms with Gasteiger partial charge in [0.15, 0.2) is 0 Å². The predicted molar refractivity (Wildman–Crippen MR) is 91.9 cm³/mol. The molecule has 0 spiro atoms. The van der Waals surface area contributed by atoms with Crippen LogP contribution in [0.3, 0.4) is 0 Å². The van der Waals surface area contributed by atoms with Gasteiger partial charge in [-0.3, -0.25) is 0 Å². The Labute approximate surface area is 146 Å². The minimum atomic E-state index is -0.975. The quantitative estimate of drug-likeness (QED) is 0.773. The lowest BCUT2D eigenvalue weighted by Crippen LogP contribution is -2.49. The van der Waals surface area contributed by atoms with E-state index in [9.17, 15) is 14.7 Å². The number of furan rings is 1. The Balaban J connectivity index is 1.66. The molecule has 6 heteroatoms. The van der Waals surface area contributed by atoms with Crippen molar-refractivity contribution in [2.24, 2.45) is 5.92 Å². The first kappa shape index (κ1) is 17.1. The summed E-state index contributed by atoms with van der Waals surface area (Å²) in [6.07, 6.45) is 3.95. The van der Waals surface area contributed by atoms with Gasteiger partial charge >= 0.3 is 12.0 Å². The molecule has 25 heavy (non-hydrogen) atoms. The Morgan fingerprint density at radius 3 is 2.56 bits per heavy atom. The Bertz CT molecular complexity index is 695. The lowest BCUT2D eigenvalue weighted by Gasteiger charge is -2.24. The molecule has 1 heterocycles. The van der Waals surface area contributed by atoms with Crippen molar-refractivity contribution in [1.82, 2.24) is 10.2 Å². The standard InChI is InChI=1S/C19H22N2O4/c22-18(23)17(15-8-9-15)20-19(24)21(13-16-7-4-12-25-16)11-10-14-5-2-1-3-6-14/h1-7,12,15,17H,8-11,13H2,(H,20,24)(H,22,23)/t17-/m0/s1. The number of benzene rings is 1. The molecular weight excluding hydrogens is 320 g/mol. The number of amides is 2. The van der Waals surface area contributed by atoms with Gasteiger partial charge in [-0.05, 0) is 42.9 Å². The first-order valence-corrected chi connectivity index (χ1v) is 8.48. The van der Waals surface area contributed by atoms with Gasteiger partial charge in [-0.1, -0.05) is 30.3 Å². The van der Waals surface area contributed by atoms with E-state index in [2.05, 4.69) is 5.32 Å². The molecule has 0 aliphatic heterocycles. The first-order valence-electron chi connectivity index (χ1n) is 8.48. The zero-order valence-electron chi connectivity index (χ0n) is 13.9. The normalized spacial score (nSPS) is 14.7. The molecule has 0 bridgehead atoms. The fourth-order valence-corrected chi connectivity index (χ4v) is 2.79. The van der Waals surface area contributed by atoms with Crippen LogP contribution in [0.2, 0.25) is 0 Å². The SMILES string of the molecule is O=C(O)[C@@H](NC(=O)N(CCc1ccccc1)Cc1ccco1)C1CC1. The lowest BCUT2D eigenvalue weighted by molar-refractivity contribution is -0.139. The molecule has 2 aromatic rings. The summed E-state index contributed by atoms with van der Waals surface area (Å²) in [4.78, 5) is 25.6. The van der Waals surface area contributed by atoms with Gasteiger partial charge in [-0.2, -0.15) is 0 Å². The summed E-state index contributed by atoms with van der Waals surface area (Å²) in [5, 5.41) is 12.0. The summed E-state index contributed by atoms with van der Waals surface area (Å²) >= 11 is 0. The van der Waals surface area contributed by atoms with Gasteiger partial charge in [-0.15, -0.1) is 0 Å². The Morgan fingerprint density at radius 1 is 1.20 bits per heavy atom. The maximum absolute atomic E-state index is 12.6. The number of carbonyl (C=O) groups excluding carboxylic acids is 1. The maximum Gasteiger partial charge on any atom is 0.326 e. The topological polar surface area (TPSA) is 82.8 Å². The highest BCUT2D eigenvalue weighted by Crippen LogP contribution is 2.32. The molecule has 6 nitrogen and oxygen atoms in total. The van der Waals surface area contributed by atoms with Gasteiger partial charge in [0.05, 0.1) is 12.8 Å². The third-order valence-electron chi connectivity index (χ3n) is 4.37. The molecule has 1 aromatic heterocycles. The number of hydrogen-bond donors (Lipinski definition) is 2. The predicted octanol–water partition coefficient (Wildman–Crippen LogP) is 2.90. The van der Waals surface area contributed by atoms with Crippen LogP contribution in [0.15, 0.2) is 53.1 Å². The maximum atomic E-state index is 12.6. The highest BCUT2D eigenvalue weighted by molar-refractivity contribution is 5.83. The van der Waals surface area contributed by atoms with Crippen LogP contribution < -0.4 is 5.32 Å². The second kappa shape index (κ2) is 7.88. The van der Waals surface area contributed by atoms with E-state index < -0.39 is 12.0 Å². The van der Waals surface area contributed by atoms with Crippen molar-refractivity contribution in [3.8, 4) is 0 Å². The van der Waals surface area contributed by atoms with Crippen molar-refractivity contribution >= 4 is 12.0 Å². The molecule has 1 saturated carbocycles. The van der Waals surface area contributed by atoms with E-state index in [4.69, 9.17) is 4.42 Å². The summed E-state index contributed by atoms with van der Waals surface area (Å²) in [6, 6.07) is 12.3. The molecule has 2 amide bonds. The van der Waals surface area contributed by atoms with E-state index in [1.54, 1.807) is 23.3 Å². The first-order chi connectivity index (χ1) is 12.1. The fourth-order valence-electron chi connectivity index (χ4n) is 2.79. The van der Waals surface area contributed by atoms with Crippen molar-refractivity contribution in [1.29, 1.82) is 0 Å². The molecule has 1 aromatic carbocycles. The Morgan fingerprint density at radius 2 is 1.96 bits per heavy atom. The Kier molecular flexibility index (Phi) is 5.38. The number of carboxylic acids is 1. The van der Waals surface area contributed by atoms with E-state index >= 15 is 0 Å². The summed E-state index contributed by atoms with van der Waals surface area (Å²) < 4.78 is 5.34. The number of carboxylic acid groups (broad SMARTS) is 1. The van der Waals surface area contributed by atoms with Gasteiger partial charge in [-0.25, -0.2) is 9.59 Å². The summed E-state index contributed by atoms with van der Waals surface area (Å²) in [5.74, 6) is -0.264. The van der Waals surface area contributed by atoms with Gasteiger partial charge in [0.1, 0.15) is 11.8 Å². The highest BCUT2D eigenvalue weighted by Gasteiger charge is 2.38. The molecule has 0 unspecified atom stereocenters. The third kappa shape index (κ3) is 4.86. The summed E-state index contributed by atoms with van der Waals surface area (Å²) in [6.45, 7) is 0.788. The van der Waals surface area contributed by atoms with Crippen LogP contribution in [0.5, 0.6) is 0 Å². The van der Waals surface area contributed by atoms with Gasteiger partial charge < -0.3 is 19.7 Å². The van der Waals surface area contributed by atoms with Gasteiger partial charge in [0.2, 0.25) is 0 Å². The number of carbonyl (C=O) groups is 2. The number of hydrogen-bond acceptors (Lipinski definition) is 3. The van der Waals surface area contributed by atoms with E-state index in [0.29, 0.717) is 25.3 Å². The number of nitrogens with one attached hydrogen (secondary N) is 1. The van der Waals surface area contributed by atoms with Gasteiger partial charge in [0, 0.05) is 6.54 Å². The molecule has 0 saturated heterocycles. The highest BCUT2D eigenvalue weighted by atomic mass is 16.4. The number of nitrogens with zero attached hydrogens (tertiary/aromatic N) is 1. The number of aliphatic carboxylic acids is 1. The number of urea groups is 1.